The molecule has 0 aromatic heterocycles. The van der Waals surface area contributed by atoms with Crippen molar-refractivity contribution in [2.75, 3.05) is 12.4 Å². The molecule has 0 aliphatic carbocycles. The summed E-state index contributed by atoms with van der Waals surface area (Å²) in [7, 11) is 1.54. The molecule has 0 aliphatic rings. The van der Waals surface area contributed by atoms with Crippen molar-refractivity contribution in [1.29, 1.82) is 5.26 Å². The van der Waals surface area contributed by atoms with Gasteiger partial charge in [-0.1, -0.05) is 47.5 Å². The van der Waals surface area contributed by atoms with Gasteiger partial charge in [-0.3, -0.25) is 4.79 Å². The number of amides is 1. The van der Waals surface area contributed by atoms with E-state index >= 15 is 0 Å². The summed E-state index contributed by atoms with van der Waals surface area (Å²) in [6.45, 7) is 6.09. The molecule has 0 heterocycles. The summed E-state index contributed by atoms with van der Waals surface area (Å²) in [6.07, 6.45) is 3.80. The van der Waals surface area contributed by atoms with Crippen molar-refractivity contribution in [1.82, 2.24) is 0 Å². The smallest absolute Gasteiger partial charge is 0.266 e. The highest BCUT2D eigenvalue weighted by Crippen LogP contribution is 2.35. The van der Waals surface area contributed by atoms with Crippen LogP contribution in [0.1, 0.15) is 22.3 Å². The van der Waals surface area contributed by atoms with Gasteiger partial charge < -0.3 is 14.8 Å². The number of nitriles is 1. The predicted molar refractivity (Wildman–Crippen MR) is 136 cm³/mol. The number of carbonyl (C=O) groups is 1. The monoisotopic (exact) mass is 472 g/mol. The molecule has 0 bridgehead atoms. The van der Waals surface area contributed by atoms with Crippen LogP contribution in [0.15, 0.2) is 78.9 Å². The molecule has 0 atom stereocenters. The van der Waals surface area contributed by atoms with E-state index in [2.05, 4.69) is 11.9 Å². The number of benzene rings is 3. The highest BCUT2D eigenvalue weighted by Gasteiger charge is 2.15. The fourth-order valence-electron chi connectivity index (χ4n) is 3.32. The van der Waals surface area contributed by atoms with Crippen molar-refractivity contribution >= 4 is 29.3 Å². The lowest BCUT2D eigenvalue weighted by atomic mass is 10.0. The van der Waals surface area contributed by atoms with Crippen molar-refractivity contribution in [3.05, 3.63) is 106 Å². The highest BCUT2D eigenvalue weighted by atomic mass is 35.5. The summed E-state index contributed by atoms with van der Waals surface area (Å²) in [5.41, 5.74) is 4.04. The van der Waals surface area contributed by atoms with Crippen LogP contribution < -0.4 is 14.8 Å². The first kappa shape index (κ1) is 24.6. The van der Waals surface area contributed by atoms with E-state index in [4.69, 9.17) is 21.1 Å². The zero-order chi connectivity index (χ0) is 24.5. The molecule has 1 N–H and O–H groups in total. The SMILES string of the molecule is C=CCc1cc(/C=C(\C#N)C(=O)Nc2ccc(C)cc2)cc(OC)c1OCc1cccc(Cl)c1. The number of halogens is 1. The summed E-state index contributed by atoms with van der Waals surface area (Å²) >= 11 is 6.07. The Labute approximate surface area is 204 Å². The molecule has 1 amide bonds. The van der Waals surface area contributed by atoms with Gasteiger partial charge in [0, 0.05) is 16.3 Å². The number of rotatable bonds is 9. The maximum absolute atomic E-state index is 12.7. The number of hydrogen-bond acceptors (Lipinski definition) is 4. The molecule has 0 saturated heterocycles. The lowest BCUT2D eigenvalue weighted by Gasteiger charge is -2.16. The molecule has 3 rings (SSSR count). The fourth-order valence-corrected chi connectivity index (χ4v) is 3.54. The van der Waals surface area contributed by atoms with Gasteiger partial charge in [0.15, 0.2) is 11.5 Å². The van der Waals surface area contributed by atoms with Crippen LogP contribution in [0.5, 0.6) is 11.5 Å². The predicted octanol–water partition coefficient (Wildman–Crippen LogP) is 6.51. The van der Waals surface area contributed by atoms with Crippen LogP contribution in [0.3, 0.4) is 0 Å². The zero-order valence-electron chi connectivity index (χ0n) is 19.1. The van der Waals surface area contributed by atoms with Gasteiger partial charge in [-0.25, -0.2) is 0 Å². The lowest BCUT2D eigenvalue weighted by molar-refractivity contribution is -0.112. The maximum atomic E-state index is 12.7. The van der Waals surface area contributed by atoms with Gasteiger partial charge in [-0.05, 0) is 66.9 Å². The van der Waals surface area contributed by atoms with E-state index in [9.17, 15) is 10.1 Å². The highest BCUT2D eigenvalue weighted by molar-refractivity contribution is 6.30. The van der Waals surface area contributed by atoms with Crippen LogP contribution >= 0.6 is 11.6 Å². The second kappa shape index (κ2) is 11.7. The Kier molecular flexibility index (Phi) is 8.50. The molecule has 3 aromatic carbocycles. The van der Waals surface area contributed by atoms with Crippen LogP contribution in [0.25, 0.3) is 6.08 Å². The Morgan fingerprint density at radius 2 is 1.94 bits per heavy atom. The molecule has 0 aliphatic heterocycles. The van der Waals surface area contributed by atoms with E-state index < -0.39 is 5.91 Å². The molecule has 172 valence electrons. The zero-order valence-corrected chi connectivity index (χ0v) is 19.9. The van der Waals surface area contributed by atoms with Crippen LogP contribution in [0.2, 0.25) is 5.02 Å². The largest absolute Gasteiger partial charge is 0.493 e. The first-order valence-electron chi connectivity index (χ1n) is 10.6. The third-order valence-electron chi connectivity index (χ3n) is 5.00. The first-order chi connectivity index (χ1) is 16.4. The molecule has 5 nitrogen and oxygen atoms in total. The maximum Gasteiger partial charge on any atom is 0.266 e. The Balaban J connectivity index is 1.89. The van der Waals surface area contributed by atoms with Gasteiger partial charge in [-0.2, -0.15) is 5.26 Å². The Morgan fingerprint density at radius 3 is 2.59 bits per heavy atom. The van der Waals surface area contributed by atoms with Gasteiger partial charge in [0.2, 0.25) is 0 Å². The summed E-state index contributed by atoms with van der Waals surface area (Å²) in [5, 5.41) is 13.0. The van der Waals surface area contributed by atoms with Gasteiger partial charge in [-0.15, -0.1) is 6.58 Å². The topological polar surface area (TPSA) is 71.4 Å². The van der Waals surface area contributed by atoms with Gasteiger partial charge in [0.05, 0.1) is 7.11 Å². The van der Waals surface area contributed by atoms with Crippen molar-refractivity contribution in [2.45, 2.75) is 20.0 Å². The number of allylic oxidation sites excluding steroid dienone is 1. The van der Waals surface area contributed by atoms with Crippen molar-refractivity contribution in [2.24, 2.45) is 0 Å². The van der Waals surface area contributed by atoms with E-state index in [-0.39, 0.29) is 5.57 Å². The van der Waals surface area contributed by atoms with Gasteiger partial charge in [0.25, 0.3) is 5.91 Å². The number of aryl methyl sites for hydroxylation is 1. The average Bonchev–Trinajstić information content (AvgIpc) is 2.83. The van der Waals surface area contributed by atoms with Crippen LogP contribution in [-0.2, 0) is 17.8 Å². The van der Waals surface area contributed by atoms with E-state index in [1.807, 2.05) is 49.4 Å². The minimum atomic E-state index is -0.489. The summed E-state index contributed by atoms with van der Waals surface area (Å²) in [5.74, 6) is 0.572. The van der Waals surface area contributed by atoms with Crippen LogP contribution in [0, 0.1) is 18.3 Å². The quantitative estimate of drug-likeness (QED) is 0.219. The molecule has 0 spiro atoms. The van der Waals surface area contributed by atoms with Crippen molar-refractivity contribution in [3.8, 4) is 17.6 Å². The van der Waals surface area contributed by atoms with Gasteiger partial charge in [0.1, 0.15) is 18.2 Å². The summed E-state index contributed by atoms with van der Waals surface area (Å²) in [6, 6.07) is 20.4. The van der Waals surface area contributed by atoms with Crippen molar-refractivity contribution in [3.63, 3.8) is 0 Å². The van der Waals surface area contributed by atoms with E-state index in [1.54, 1.807) is 37.5 Å². The number of hydrogen-bond donors (Lipinski definition) is 1. The number of carbonyl (C=O) groups excluding carboxylic acids is 1. The standard InChI is InChI=1S/C28H25ClN2O3/c1-4-6-22-13-21(14-23(17-30)28(32)31-25-11-9-19(2)10-12-25)16-26(33-3)27(22)34-18-20-7-5-8-24(29)15-20/h4-5,7-16H,1,6,18H2,2-3H3,(H,31,32)/b23-14+. The minimum Gasteiger partial charge on any atom is -0.493 e. The summed E-state index contributed by atoms with van der Waals surface area (Å²) < 4.78 is 11.6. The second-order valence-electron chi connectivity index (χ2n) is 7.61. The molecule has 6 heteroatoms. The fraction of sp³-hybridized carbons (Fsp3) is 0.143. The third kappa shape index (κ3) is 6.50. The van der Waals surface area contributed by atoms with E-state index in [1.165, 1.54) is 6.08 Å². The average molecular weight is 473 g/mol. The molecule has 0 saturated carbocycles. The number of ether oxygens (including phenoxy) is 2. The molecule has 0 radical (unpaired) electrons. The van der Waals surface area contributed by atoms with Crippen LogP contribution in [-0.4, -0.2) is 13.0 Å². The molecular weight excluding hydrogens is 448 g/mol. The molecule has 0 unspecified atom stereocenters. The Morgan fingerprint density at radius 1 is 1.18 bits per heavy atom. The number of nitrogens with one attached hydrogen (secondary N) is 1. The number of nitrogens with zero attached hydrogens (tertiary/aromatic N) is 1. The minimum absolute atomic E-state index is 0.0280. The van der Waals surface area contributed by atoms with Crippen LogP contribution in [0.4, 0.5) is 5.69 Å². The Hall–Kier alpha value is -4.01. The number of methoxy groups -OCH3 is 1. The molecule has 3 aromatic rings. The number of anilines is 1. The first-order valence-corrected chi connectivity index (χ1v) is 11.0. The Bertz CT molecular complexity index is 1260. The molecular formula is C28H25ClN2O3. The lowest BCUT2D eigenvalue weighted by Crippen LogP contribution is -2.13. The summed E-state index contributed by atoms with van der Waals surface area (Å²) in [4.78, 5) is 12.7. The van der Waals surface area contributed by atoms with E-state index in [0.717, 1.165) is 16.7 Å². The molecule has 0 fully saturated rings. The normalized spacial score (nSPS) is 10.8. The van der Waals surface area contributed by atoms with Crippen molar-refractivity contribution < 1.29 is 14.3 Å². The van der Waals surface area contributed by atoms with Gasteiger partial charge >= 0.3 is 0 Å². The molecule has 34 heavy (non-hydrogen) atoms. The third-order valence-corrected chi connectivity index (χ3v) is 5.23. The van der Waals surface area contributed by atoms with E-state index in [0.29, 0.717) is 40.8 Å². The second-order valence-corrected chi connectivity index (χ2v) is 8.05.